The summed E-state index contributed by atoms with van der Waals surface area (Å²) in [6, 6.07) is 0. The van der Waals surface area contributed by atoms with Crippen molar-refractivity contribution in [1.29, 1.82) is 0 Å². The van der Waals surface area contributed by atoms with Gasteiger partial charge < -0.3 is 15.5 Å². The van der Waals surface area contributed by atoms with E-state index in [4.69, 9.17) is 10.2 Å². The third-order valence-corrected chi connectivity index (χ3v) is 1.77. The van der Waals surface area contributed by atoms with Crippen LogP contribution in [-0.2, 0) is 4.79 Å². The van der Waals surface area contributed by atoms with E-state index in [-0.39, 0.29) is 19.1 Å². The van der Waals surface area contributed by atoms with E-state index in [1.807, 2.05) is 4.90 Å². The number of aliphatic hydroxyl groups excluding tert-OH is 2. The summed E-state index contributed by atoms with van der Waals surface area (Å²) in [5.41, 5.74) is 0. The van der Waals surface area contributed by atoms with Crippen molar-refractivity contribution in [3.63, 3.8) is 0 Å². The van der Waals surface area contributed by atoms with E-state index in [2.05, 4.69) is 5.32 Å². The average Bonchev–Trinajstić information content (AvgIpc) is 2.14. The second-order valence-corrected chi connectivity index (χ2v) is 2.71. The van der Waals surface area contributed by atoms with Crippen LogP contribution in [0.2, 0.25) is 0 Å². The van der Waals surface area contributed by atoms with E-state index < -0.39 is 0 Å². The molecular weight excluding hydrogens is 172 g/mol. The molecule has 0 aliphatic rings. The molecule has 0 saturated heterocycles. The molecule has 0 bridgehead atoms. The first-order valence-electron chi connectivity index (χ1n) is 4.39. The minimum Gasteiger partial charge on any atom is -0.395 e. The summed E-state index contributed by atoms with van der Waals surface area (Å²) < 4.78 is 0. The lowest BCUT2D eigenvalue weighted by Gasteiger charge is -2.19. The number of rotatable bonds is 7. The molecule has 0 aromatic carbocycles. The monoisotopic (exact) mass is 190 g/mol. The van der Waals surface area contributed by atoms with E-state index >= 15 is 0 Å². The zero-order valence-corrected chi connectivity index (χ0v) is 7.99. The maximum absolute atomic E-state index is 10.9. The van der Waals surface area contributed by atoms with Crippen molar-refractivity contribution in [3.8, 4) is 0 Å². The predicted molar refractivity (Wildman–Crippen MR) is 49.3 cm³/mol. The fourth-order valence-corrected chi connectivity index (χ4v) is 1.00. The Kier molecular flexibility index (Phi) is 7.57. The normalized spacial score (nSPS) is 10.5. The first-order chi connectivity index (χ1) is 6.24. The highest BCUT2D eigenvalue weighted by Crippen LogP contribution is 1.90. The Morgan fingerprint density at radius 2 is 1.77 bits per heavy atom. The number of carbonyl (C=O) groups is 1. The number of nitrogens with one attached hydrogen (secondary N) is 1. The molecule has 5 heteroatoms. The SMILES string of the molecule is CNC(=O)CCN(CCO)CCO. The minimum absolute atomic E-state index is 0.0270. The van der Waals surface area contributed by atoms with Crippen LogP contribution in [0.1, 0.15) is 6.42 Å². The molecule has 78 valence electrons. The zero-order valence-electron chi connectivity index (χ0n) is 7.99. The molecule has 0 atom stereocenters. The van der Waals surface area contributed by atoms with Gasteiger partial charge in [0.15, 0.2) is 0 Å². The molecule has 0 aromatic rings. The van der Waals surface area contributed by atoms with E-state index in [0.717, 1.165) is 0 Å². The standard InChI is InChI=1S/C8H18N2O3/c1-9-8(13)2-3-10(4-6-11)5-7-12/h11-12H,2-7H2,1H3,(H,9,13). The molecule has 1 amide bonds. The van der Waals surface area contributed by atoms with E-state index in [1.54, 1.807) is 7.05 Å². The van der Waals surface area contributed by atoms with Gasteiger partial charge in [0.25, 0.3) is 0 Å². The fourth-order valence-electron chi connectivity index (χ4n) is 1.00. The summed E-state index contributed by atoms with van der Waals surface area (Å²) in [7, 11) is 1.59. The van der Waals surface area contributed by atoms with Crippen molar-refractivity contribution in [2.24, 2.45) is 0 Å². The number of hydrogen-bond donors (Lipinski definition) is 3. The minimum atomic E-state index is -0.0270. The lowest BCUT2D eigenvalue weighted by molar-refractivity contribution is -0.121. The van der Waals surface area contributed by atoms with E-state index in [0.29, 0.717) is 26.1 Å². The van der Waals surface area contributed by atoms with Crippen molar-refractivity contribution in [2.75, 3.05) is 39.9 Å². The Morgan fingerprint density at radius 3 is 2.15 bits per heavy atom. The summed E-state index contributed by atoms with van der Waals surface area (Å²) >= 11 is 0. The van der Waals surface area contributed by atoms with Gasteiger partial charge in [-0.3, -0.25) is 9.69 Å². The second-order valence-electron chi connectivity index (χ2n) is 2.71. The molecule has 5 nitrogen and oxygen atoms in total. The van der Waals surface area contributed by atoms with Crippen molar-refractivity contribution >= 4 is 5.91 Å². The van der Waals surface area contributed by atoms with Gasteiger partial charge in [0, 0.05) is 33.1 Å². The van der Waals surface area contributed by atoms with E-state index in [1.165, 1.54) is 0 Å². The van der Waals surface area contributed by atoms with Crippen molar-refractivity contribution in [3.05, 3.63) is 0 Å². The molecule has 0 rings (SSSR count). The number of carbonyl (C=O) groups excluding carboxylic acids is 1. The molecule has 0 aliphatic heterocycles. The summed E-state index contributed by atoms with van der Waals surface area (Å²) in [5.74, 6) is -0.0270. The van der Waals surface area contributed by atoms with Gasteiger partial charge in [-0.05, 0) is 0 Å². The molecule has 0 radical (unpaired) electrons. The summed E-state index contributed by atoms with van der Waals surface area (Å²) in [4.78, 5) is 12.7. The van der Waals surface area contributed by atoms with Crippen LogP contribution in [0, 0.1) is 0 Å². The summed E-state index contributed by atoms with van der Waals surface area (Å²) in [6.07, 6.45) is 0.399. The highest BCUT2D eigenvalue weighted by atomic mass is 16.3. The Bertz CT molecular complexity index is 135. The second kappa shape index (κ2) is 7.97. The maximum atomic E-state index is 10.9. The molecule has 13 heavy (non-hydrogen) atoms. The van der Waals surface area contributed by atoms with Crippen LogP contribution >= 0.6 is 0 Å². The third-order valence-electron chi connectivity index (χ3n) is 1.77. The van der Waals surface area contributed by atoms with Crippen molar-refractivity contribution in [2.45, 2.75) is 6.42 Å². The molecule has 0 heterocycles. The quantitative estimate of drug-likeness (QED) is 0.452. The van der Waals surface area contributed by atoms with Crippen LogP contribution in [0.3, 0.4) is 0 Å². The summed E-state index contributed by atoms with van der Waals surface area (Å²) in [5, 5.41) is 19.8. The smallest absolute Gasteiger partial charge is 0.221 e. The maximum Gasteiger partial charge on any atom is 0.221 e. The van der Waals surface area contributed by atoms with Crippen LogP contribution in [0.4, 0.5) is 0 Å². The van der Waals surface area contributed by atoms with Crippen LogP contribution < -0.4 is 5.32 Å². The number of hydrogen-bond acceptors (Lipinski definition) is 4. The molecule has 3 N–H and O–H groups in total. The van der Waals surface area contributed by atoms with Gasteiger partial charge in [0.2, 0.25) is 5.91 Å². The summed E-state index contributed by atoms with van der Waals surface area (Å²) in [6.45, 7) is 1.66. The van der Waals surface area contributed by atoms with Gasteiger partial charge in [0.05, 0.1) is 13.2 Å². The molecular formula is C8H18N2O3. The van der Waals surface area contributed by atoms with Gasteiger partial charge in [-0.15, -0.1) is 0 Å². The van der Waals surface area contributed by atoms with Crippen molar-refractivity contribution < 1.29 is 15.0 Å². The first kappa shape index (κ1) is 12.3. The van der Waals surface area contributed by atoms with Gasteiger partial charge in [-0.25, -0.2) is 0 Å². The fraction of sp³-hybridized carbons (Fsp3) is 0.875. The molecule has 0 unspecified atom stereocenters. The number of aliphatic hydroxyl groups is 2. The topological polar surface area (TPSA) is 72.8 Å². The number of amides is 1. The van der Waals surface area contributed by atoms with E-state index in [9.17, 15) is 4.79 Å². The molecule has 0 aliphatic carbocycles. The molecule has 0 fully saturated rings. The zero-order chi connectivity index (χ0) is 10.1. The largest absolute Gasteiger partial charge is 0.395 e. The highest BCUT2D eigenvalue weighted by Gasteiger charge is 2.05. The van der Waals surface area contributed by atoms with Crippen LogP contribution in [0.15, 0.2) is 0 Å². The Hall–Kier alpha value is -0.650. The molecule has 0 saturated carbocycles. The number of nitrogens with zero attached hydrogens (tertiary/aromatic N) is 1. The lowest BCUT2D eigenvalue weighted by atomic mass is 10.3. The highest BCUT2D eigenvalue weighted by molar-refractivity contribution is 5.75. The lowest BCUT2D eigenvalue weighted by Crippen LogP contribution is -2.33. The molecule has 0 aromatic heterocycles. The van der Waals surface area contributed by atoms with Gasteiger partial charge in [0.1, 0.15) is 0 Å². The predicted octanol–water partition coefficient (Wildman–Crippen LogP) is -1.59. The molecule has 0 spiro atoms. The third kappa shape index (κ3) is 6.51. The Morgan fingerprint density at radius 1 is 1.23 bits per heavy atom. The first-order valence-corrected chi connectivity index (χ1v) is 4.39. The van der Waals surface area contributed by atoms with Gasteiger partial charge >= 0.3 is 0 Å². The Labute approximate surface area is 78.4 Å². The van der Waals surface area contributed by atoms with Crippen LogP contribution in [0.25, 0.3) is 0 Å². The van der Waals surface area contributed by atoms with Crippen LogP contribution in [0.5, 0.6) is 0 Å². The average molecular weight is 190 g/mol. The van der Waals surface area contributed by atoms with Crippen LogP contribution in [-0.4, -0.2) is 60.9 Å². The van der Waals surface area contributed by atoms with Gasteiger partial charge in [-0.2, -0.15) is 0 Å². The van der Waals surface area contributed by atoms with Gasteiger partial charge in [-0.1, -0.05) is 0 Å². The Balaban J connectivity index is 3.61. The van der Waals surface area contributed by atoms with Crippen molar-refractivity contribution in [1.82, 2.24) is 10.2 Å².